The van der Waals surface area contributed by atoms with Crippen LogP contribution in [0.3, 0.4) is 0 Å². The Kier molecular flexibility index (Phi) is 4.63. The Labute approximate surface area is 125 Å². The average Bonchev–Trinajstić information content (AvgIpc) is 2.93. The maximum absolute atomic E-state index is 12.2. The number of halogens is 1. The number of carbonyl (C=O) groups excluding carboxylic acids is 1. The van der Waals surface area contributed by atoms with E-state index in [4.69, 9.17) is 11.6 Å². The Morgan fingerprint density at radius 3 is 3.00 bits per heavy atom. The summed E-state index contributed by atoms with van der Waals surface area (Å²) < 4.78 is 27.9. The molecule has 0 bridgehead atoms. The molecule has 0 aromatic carbocycles. The number of sulfonamides is 1. The van der Waals surface area contributed by atoms with Crippen LogP contribution in [0.5, 0.6) is 0 Å². The molecule has 0 saturated carbocycles. The molecule has 0 radical (unpaired) electrons. The summed E-state index contributed by atoms with van der Waals surface area (Å²) in [6.07, 6.45) is 2.34. The van der Waals surface area contributed by atoms with Crippen molar-refractivity contribution in [2.75, 3.05) is 13.1 Å². The van der Waals surface area contributed by atoms with Gasteiger partial charge < -0.3 is 5.32 Å². The molecule has 0 saturated heterocycles. The molecular formula is C10H13ClN4O3S2. The first kappa shape index (κ1) is 15.2. The molecule has 7 nitrogen and oxygen atoms in total. The van der Waals surface area contributed by atoms with E-state index in [1.807, 2.05) is 6.92 Å². The maximum atomic E-state index is 12.2. The zero-order valence-electron chi connectivity index (χ0n) is 10.6. The van der Waals surface area contributed by atoms with E-state index in [1.54, 1.807) is 11.6 Å². The standard InChI is InChI=1S/C10H13ClN4O3S2/c1-2-3-12-7(16)6-13-20(17,18)9-8(11)14-10-15(9)4-5-19-10/h4-5,13H,2-3,6H2,1H3,(H,12,16). The van der Waals surface area contributed by atoms with Crippen molar-refractivity contribution in [3.05, 3.63) is 16.7 Å². The summed E-state index contributed by atoms with van der Waals surface area (Å²) in [6, 6.07) is 0. The van der Waals surface area contributed by atoms with Crippen LogP contribution in [0.2, 0.25) is 5.15 Å². The van der Waals surface area contributed by atoms with E-state index in [2.05, 4.69) is 15.0 Å². The van der Waals surface area contributed by atoms with Gasteiger partial charge in [0, 0.05) is 18.1 Å². The summed E-state index contributed by atoms with van der Waals surface area (Å²) in [6.45, 7) is 2.07. The smallest absolute Gasteiger partial charge is 0.260 e. The Hall–Kier alpha value is -1.16. The molecule has 2 rings (SSSR count). The van der Waals surface area contributed by atoms with Crippen molar-refractivity contribution in [1.29, 1.82) is 0 Å². The van der Waals surface area contributed by atoms with Crippen molar-refractivity contribution in [2.45, 2.75) is 18.4 Å². The third kappa shape index (κ3) is 3.11. The van der Waals surface area contributed by atoms with Crippen LogP contribution in [-0.2, 0) is 14.8 Å². The molecule has 2 N–H and O–H groups in total. The first-order chi connectivity index (χ1) is 9.45. The van der Waals surface area contributed by atoms with E-state index >= 15 is 0 Å². The van der Waals surface area contributed by atoms with Crippen LogP contribution >= 0.6 is 22.9 Å². The number of aromatic nitrogens is 2. The Bertz CT molecular complexity index is 722. The summed E-state index contributed by atoms with van der Waals surface area (Å²) >= 11 is 7.12. The molecular weight excluding hydrogens is 324 g/mol. The van der Waals surface area contributed by atoms with E-state index in [1.165, 1.54) is 15.7 Å². The minimum atomic E-state index is -3.90. The van der Waals surface area contributed by atoms with Gasteiger partial charge in [-0.1, -0.05) is 18.5 Å². The molecule has 20 heavy (non-hydrogen) atoms. The normalized spacial score (nSPS) is 11.9. The number of hydrogen-bond donors (Lipinski definition) is 2. The molecule has 1 amide bonds. The van der Waals surface area contributed by atoms with Crippen molar-refractivity contribution >= 4 is 43.8 Å². The zero-order valence-corrected chi connectivity index (χ0v) is 13.0. The van der Waals surface area contributed by atoms with Crippen LogP contribution in [-0.4, -0.2) is 36.8 Å². The minimum absolute atomic E-state index is 0.113. The van der Waals surface area contributed by atoms with E-state index < -0.39 is 15.9 Å². The average molecular weight is 337 g/mol. The largest absolute Gasteiger partial charge is 0.355 e. The topological polar surface area (TPSA) is 92.6 Å². The van der Waals surface area contributed by atoms with Gasteiger partial charge in [-0.25, -0.2) is 18.1 Å². The third-order valence-electron chi connectivity index (χ3n) is 2.43. The molecule has 0 aliphatic carbocycles. The van der Waals surface area contributed by atoms with Crippen LogP contribution in [0.25, 0.3) is 4.96 Å². The summed E-state index contributed by atoms with van der Waals surface area (Å²) in [7, 11) is -3.90. The number of nitrogens with one attached hydrogen (secondary N) is 2. The fourth-order valence-corrected chi connectivity index (χ4v) is 3.96. The molecule has 0 fully saturated rings. The Morgan fingerprint density at radius 1 is 1.55 bits per heavy atom. The van der Waals surface area contributed by atoms with E-state index in [-0.39, 0.29) is 16.7 Å². The molecule has 2 heterocycles. The highest BCUT2D eigenvalue weighted by Gasteiger charge is 2.25. The molecule has 0 unspecified atom stereocenters. The third-order valence-corrected chi connectivity index (χ3v) is 4.98. The SMILES string of the molecule is CCCNC(=O)CNS(=O)(=O)c1c(Cl)nc2sccn12. The molecule has 2 aromatic rings. The summed E-state index contributed by atoms with van der Waals surface area (Å²) in [5, 5.41) is 4.01. The number of amides is 1. The quantitative estimate of drug-likeness (QED) is 0.818. The van der Waals surface area contributed by atoms with Crippen LogP contribution < -0.4 is 10.0 Å². The van der Waals surface area contributed by atoms with Gasteiger partial charge in [-0.3, -0.25) is 9.20 Å². The number of imidazole rings is 1. The van der Waals surface area contributed by atoms with E-state index in [9.17, 15) is 13.2 Å². The van der Waals surface area contributed by atoms with Crippen molar-refractivity contribution in [3.63, 3.8) is 0 Å². The van der Waals surface area contributed by atoms with E-state index in [0.717, 1.165) is 6.42 Å². The van der Waals surface area contributed by atoms with Gasteiger partial charge in [0.05, 0.1) is 6.54 Å². The predicted octanol–water partition coefficient (Wildman–Crippen LogP) is 0.854. The molecule has 0 atom stereocenters. The van der Waals surface area contributed by atoms with E-state index in [0.29, 0.717) is 11.5 Å². The number of carbonyl (C=O) groups is 1. The first-order valence-corrected chi connectivity index (χ1v) is 8.57. The Morgan fingerprint density at radius 2 is 2.30 bits per heavy atom. The summed E-state index contributed by atoms with van der Waals surface area (Å²) in [5.41, 5.74) is 0. The highest BCUT2D eigenvalue weighted by molar-refractivity contribution is 7.89. The van der Waals surface area contributed by atoms with Crippen LogP contribution in [0.4, 0.5) is 0 Å². The van der Waals surface area contributed by atoms with Gasteiger partial charge in [0.2, 0.25) is 5.91 Å². The monoisotopic (exact) mass is 336 g/mol. The fourth-order valence-electron chi connectivity index (χ4n) is 1.53. The maximum Gasteiger partial charge on any atom is 0.260 e. The molecule has 0 spiro atoms. The van der Waals surface area contributed by atoms with Gasteiger partial charge in [-0.05, 0) is 6.42 Å². The fraction of sp³-hybridized carbons (Fsp3) is 0.400. The van der Waals surface area contributed by atoms with Gasteiger partial charge in [-0.15, -0.1) is 11.3 Å². The number of hydrogen-bond acceptors (Lipinski definition) is 5. The number of nitrogens with zero attached hydrogens (tertiary/aromatic N) is 2. The van der Waals surface area contributed by atoms with Crippen LogP contribution in [0, 0.1) is 0 Å². The molecule has 2 aromatic heterocycles. The minimum Gasteiger partial charge on any atom is -0.355 e. The van der Waals surface area contributed by atoms with Crippen LogP contribution in [0.1, 0.15) is 13.3 Å². The lowest BCUT2D eigenvalue weighted by molar-refractivity contribution is -0.119. The molecule has 0 aliphatic rings. The molecule has 10 heteroatoms. The molecule has 110 valence electrons. The number of thiazole rings is 1. The lowest BCUT2D eigenvalue weighted by atomic mass is 10.5. The van der Waals surface area contributed by atoms with Gasteiger partial charge in [0.25, 0.3) is 10.0 Å². The van der Waals surface area contributed by atoms with Crippen molar-refractivity contribution in [3.8, 4) is 0 Å². The van der Waals surface area contributed by atoms with Crippen molar-refractivity contribution in [2.24, 2.45) is 0 Å². The highest BCUT2D eigenvalue weighted by atomic mass is 35.5. The van der Waals surface area contributed by atoms with Gasteiger partial charge >= 0.3 is 0 Å². The summed E-state index contributed by atoms with van der Waals surface area (Å²) in [5.74, 6) is -0.391. The van der Waals surface area contributed by atoms with Gasteiger partial charge in [0.1, 0.15) is 0 Å². The number of rotatable bonds is 6. The van der Waals surface area contributed by atoms with Crippen molar-refractivity contribution < 1.29 is 13.2 Å². The first-order valence-electron chi connectivity index (χ1n) is 5.83. The second-order valence-corrected chi connectivity index (χ2v) is 6.85. The highest BCUT2D eigenvalue weighted by Crippen LogP contribution is 2.24. The van der Waals surface area contributed by atoms with Gasteiger partial charge in [-0.2, -0.15) is 0 Å². The molecule has 0 aliphatic heterocycles. The van der Waals surface area contributed by atoms with Crippen LogP contribution in [0.15, 0.2) is 16.6 Å². The van der Waals surface area contributed by atoms with Crippen molar-refractivity contribution in [1.82, 2.24) is 19.4 Å². The Balaban J connectivity index is 2.16. The number of fused-ring (bicyclic) bond motifs is 1. The summed E-state index contributed by atoms with van der Waals surface area (Å²) in [4.78, 5) is 15.8. The second kappa shape index (κ2) is 6.08. The zero-order chi connectivity index (χ0) is 14.8. The second-order valence-electron chi connectivity index (χ2n) is 3.94. The lowest BCUT2D eigenvalue weighted by Gasteiger charge is -2.06. The lowest BCUT2D eigenvalue weighted by Crippen LogP contribution is -2.37. The predicted molar refractivity (Wildman–Crippen MR) is 76.6 cm³/mol. The van der Waals surface area contributed by atoms with Gasteiger partial charge in [0.15, 0.2) is 15.1 Å².